The van der Waals surface area contributed by atoms with Gasteiger partial charge in [0.15, 0.2) is 0 Å². The average Bonchev–Trinajstić information content (AvgIpc) is 2.33. The van der Waals surface area contributed by atoms with Gasteiger partial charge in [-0.1, -0.05) is 31.0 Å². The minimum Gasteiger partial charge on any atom is -0.391 e. The lowest BCUT2D eigenvalue weighted by Gasteiger charge is -2.24. The van der Waals surface area contributed by atoms with Gasteiger partial charge in [0, 0.05) is 11.2 Å². The van der Waals surface area contributed by atoms with Crippen molar-refractivity contribution in [2.45, 2.75) is 42.7 Å². The van der Waals surface area contributed by atoms with E-state index in [1.54, 1.807) is 6.26 Å². The van der Waals surface area contributed by atoms with E-state index in [-0.39, 0.29) is 6.04 Å². The lowest BCUT2D eigenvalue weighted by Crippen LogP contribution is -2.29. The van der Waals surface area contributed by atoms with E-state index in [4.69, 9.17) is 0 Å². The first-order valence-corrected chi connectivity index (χ1v) is 7.96. The molecule has 0 bridgehead atoms. The van der Waals surface area contributed by atoms with Gasteiger partial charge in [-0.2, -0.15) is 0 Å². The first-order valence-electron chi connectivity index (χ1n) is 6.04. The number of hydrogen-bond acceptors (Lipinski definition) is 3. The molecule has 17 heavy (non-hydrogen) atoms. The monoisotopic (exact) mass is 253 g/mol. The summed E-state index contributed by atoms with van der Waals surface area (Å²) in [5.41, 5.74) is 0. The van der Waals surface area contributed by atoms with E-state index in [1.807, 2.05) is 30.3 Å². The zero-order valence-electron chi connectivity index (χ0n) is 10.1. The van der Waals surface area contributed by atoms with Crippen molar-refractivity contribution < 1.29 is 9.32 Å². The van der Waals surface area contributed by atoms with Gasteiger partial charge in [0.2, 0.25) is 0 Å². The highest BCUT2D eigenvalue weighted by atomic mass is 32.2. The Kier molecular flexibility index (Phi) is 3.84. The van der Waals surface area contributed by atoms with Crippen LogP contribution in [0.5, 0.6) is 0 Å². The van der Waals surface area contributed by atoms with Gasteiger partial charge in [-0.25, -0.2) is 8.57 Å². The summed E-state index contributed by atoms with van der Waals surface area (Å²) in [6.07, 6.45) is 4.97. The van der Waals surface area contributed by atoms with Crippen LogP contribution in [0.15, 0.2) is 39.6 Å². The maximum Gasteiger partial charge on any atom is 0.0856 e. The molecule has 1 saturated carbocycles. The predicted molar refractivity (Wildman–Crippen MR) is 69.5 cm³/mol. The molecule has 0 aromatic heterocycles. The van der Waals surface area contributed by atoms with Crippen LogP contribution in [-0.4, -0.2) is 27.7 Å². The summed E-state index contributed by atoms with van der Waals surface area (Å²) in [6.45, 7) is 0. The molecule has 94 valence electrons. The van der Waals surface area contributed by atoms with Gasteiger partial charge >= 0.3 is 0 Å². The summed E-state index contributed by atoms with van der Waals surface area (Å²) >= 11 is 0. The smallest absolute Gasteiger partial charge is 0.0856 e. The summed E-state index contributed by atoms with van der Waals surface area (Å²) in [5, 5.41) is 9.86. The SMILES string of the molecule is C[S@@](=O)(=N[C@@H]1CCCCC1O)c1ccccc1. The second-order valence-corrected chi connectivity index (χ2v) is 6.93. The van der Waals surface area contributed by atoms with E-state index in [1.165, 1.54) is 0 Å². The third-order valence-electron chi connectivity index (χ3n) is 3.21. The van der Waals surface area contributed by atoms with Gasteiger partial charge in [-0.15, -0.1) is 0 Å². The van der Waals surface area contributed by atoms with Crippen LogP contribution >= 0.6 is 0 Å². The molecule has 0 spiro atoms. The van der Waals surface area contributed by atoms with Crippen molar-refractivity contribution in [3.05, 3.63) is 30.3 Å². The molecule has 1 aromatic carbocycles. The van der Waals surface area contributed by atoms with Gasteiger partial charge in [0.25, 0.3) is 0 Å². The minimum atomic E-state index is -2.38. The van der Waals surface area contributed by atoms with Crippen molar-refractivity contribution in [3.8, 4) is 0 Å². The Hall–Kier alpha value is -0.870. The van der Waals surface area contributed by atoms with Crippen LogP contribution in [0.3, 0.4) is 0 Å². The number of benzene rings is 1. The standard InChI is InChI=1S/C13H19NO2S/c1-17(16,11-7-3-2-4-8-11)14-12-9-5-6-10-13(12)15/h2-4,7-8,12-13,15H,5-6,9-10H2,1H3/t12-,13?,17+/m1/s1. The molecule has 4 heteroatoms. The first kappa shape index (κ1) is 12.6. The highest BCUT2D eigenvalue weighted by Crippen LogP contribution is 2.23. The highest BCUT2D eigenvalue weighted by molar-refractivity contribution is 7.93. The molecule has 0 heterocycles. The predicted octanol–water partition coefficient (Wildman–Crippen LogP) is 2.45. The third-order valence-corrected chi connectivity index (χ3v) is 5.03. The molecule has 0 saturated heterocycles. The van der Waals surface area contributed by atoms with Crippen LogP contribution in [0.25, 0.3) is 0 Å². The Morgan fingerprint density at radius 1 is 1.24 bits per heavy atom. The molecule has 0 radical (unpaired) electrons. The largest absolute Gasteiger partial charge is 0.391 e. The van der Waals surface area contributed by atoms with Crippen molar-refractivity contribution >= 4 is 9.73 Å². The van der Waals surface area contributed by atoms with E-state index < -0.39 is 15.8 Å². The molecular weight excluding hydrogens is 234 g/mol. The molecule has 1 aliphatic carbocycles. The molecule has 1 N–H and O–H groups in total. The van der Waals surface area contributed by atoms with Crippen LogP contribution in [-0.2, 0) is 9.73 Å². The Bertz CT molecular complexity index is 477. The van der Waals surface area contributed by atoms with E-state index in [2.05, 4.69) is 4.36 Å². The van der Waals surface area contributed by atoms with Crippen LogP contribution < -0.4 is 0 Å². The Balaban J connectivity index is 2.28. The van der Waals surface area contributed by atoms with Gasteiger partial charge < -0.3 is 5.11 Å². The van der Waals surface area contributed by atoms with Crippen molar-refractivity contribution in [2.24, 2.45) is 4.36 Å². The highest BCUT2D eigenvalue weighted by Gasteiger charge is 2.23. The molecular formula is C13H19NO2S. The molecule has 1 aliphatic rings. The summed E-state index contributed by atoms with van der Waals surface area (Å²) < 4.78 is 16.9. The van der Waals surface area contributed by atoms with Gasteiger partial charge in [-0.05, 0) is 25.0 Å². The number of rotatable bonds is 2. The van der Waals surface area contributed by atoms with Crippen LogP contribution in [0.2, 0.25) is 0 Å². The normalized spacial score (nSPS) is 28.4. The fraction of sp³-hybridized carbons (Fsp3) is 0.538. The average molecular weight is 253 g/mol. The molecule has 1 fully saturated rings. The molecule has 3 nitrogen and oxygen atoms in total. The van der Waals surface area contributed by atoms with Crippen molar-refractivity contribution in [3.63, 3.8) is 0 Å². The molecule has 3 atom stereocenters. The van der Waals surface area contributed by atoms with Crippen LogP contribution in [0.1, 0.15) is 25.7 Å². The van der Waals surface area contributed by atoms with Crippen LogP contribution in [0.4, 0.5) is 0 Å². The molecule has 2 rings (SSSR count). The first-order chi connectivity index (χ1) is 8.09. The molecule has 0 aliphatic heterocycles. The van der Waals surface area contributed by atoms with E-state index in [0.29, 0.717) is 0 Å². The topological polar surface area (TPSA) is 49.7 Å². The summed E-state index contributed by atoms with van der Waals surface area (Å²) in [6, 6.07) is 9.13. The summed E-state index contributed by atoms with van der Waals surface area (Å²) in [4.78, 5) is 0.748. The number of aliphatic hydroxyl groups excluding tert-OH is 1. The quantitative estimate of drug-likeness (QED) is 0.880. The van der Waals surface area contributed by atoms with Gasteiger partial charge in [0.1, 0.15) is 0 Å². The third kappa shape index (κ3) is 3.07. The second kappa shape index (κ2) is 5.19. The number of aliphatic hydroxyl groups is 1. The van der Waals surface area contributed by atoms with Crippen molar-refractivity contribution in [1.82, 2.24) is 0 Å². The van der Waals surface area contributed by atoms with E-state index in [0.717, 1.165) is 30.6 Å². The van der Waals surface area contributed by atoms with Gasteiger partial charge in [-0.3, -0.25) is 0 Å². The molecule has 1 aromatic rings. The Morgan fingerprint density at radius 3 is 2.53 bits per heavy atom. The zero-order valence-corrected chi connectivity index (χ0v) is 10.9. The Morgan fingerprint density at radius 2 is 1.88 bits per heavy atom. The maximum atomic E-state index is 12.5. The van der Waals surface area contributed by atoms with Crippen molar-refractivity contribution in [1.29, 1.82) is 0 Å². The Labute approximate surface area is 103 Å². The van der Waals surface area contributed by atoms with Gasteiger partial charge in [0.05, 0.1) is 21.9 Å². The number of nitrogens with zero attached hydrogens (tertiary/aromatic N) is 1. The second-order valence-electron chi connectivity index (χ2n) is 4.64. The minimum absolute atomic E-state index is 0.165. The fourth-order valence-electron chi connectivity index (χ4n) is 2.21. The summed E-state index contributed by atoms with van der Waals surface area (Å²) in [5.74, 6) is 0. The lowest BCUT2D eigenvalue weighted by molar-refractivity contribution is 0.110. The van der Waals surface area contributed by atoms with Crippen LogP contribution in [0, 0.1) is 0 Å². The van der Waals surface area contributed by atoms with E-state index >= 15 is 0 Å². The fourth-order valence-corrected chi connectivity index (χ4v) is 3.75. The molecule has 1 unspecified atom stereocenters. The summed E-state index contributed by atoms with van der Waals surface area (Å²) in [7, 11) is -2.38. The maximum absolute atomic E-state index is 12.5. The molecule has 0 amide bonds. The zero-order chi connectivity index (χ0) is 12.3. The van der Waals surface area contributed by atoms with E-state index in [9.17, 15) is 9.32 Å². The van der Waals surface area contributed by atoms with Crippen molar-refractivity contribution in [2.75, 3.05) is 6.26 Å². The lowest BCUT2D eigenvalue weighted by atomic mass is 9.93. The number of hydrogen-bond donors (Lipinski definition) is 1.